The molecule has 0 unspecified atom stereocenters. The van der Waals surface area contributed by atoms with Gasteiger partial charge < -0.3 is 15.4 Å². The third-order valence-electron chi connectivity index (χ3n) is 4.46. The van der Waals surface area contributed by atoms with Gasteiger partial charge in [-0.25, -0.2) is 4.79 Å². The van der Waals surface area contributed by atoms with E-state index >= 15 is 0 Å². The molecule has 154 valence electrons. The van der Waals surface area contributed by atoms with Crippen LogP contribution in [0.4, 0.5) is 0 Å². The molecule has 0 aliphatic rings. The second kappa shape index (κ2) is 11.2. The van der Waals surface area contributed by atoms with E-state index in [1.165, 1.54) is 7.11 Å². The Morgan fingerprint density at radius 1 is 0.931 bits per heavy atom. The number of carbonyl (C=O) groups is 3. The summed E-state index contributed by atoms with van der Waals surface area (Å²) < 4.78 is 4.78. The van der Waals surface area contributed by atoms with Crippen molar-refractivity contribution < 1.29 is 19.1 Å². The third-order valence-corrected chi connectivity index (χ3v) is 4.83. The molecule has 2 aromatic carbocycles. The zero-order chi connectivity index (χ0) is 21.2. The molecule has 0 fully saturated rings. The number of rotatable bonds is 9. The molecule has 2 atom stereocenters. The number of nitrogens with one attached hydrogen (secondary N) is 2. The van der Waals surface area contributed by atoms with Gasteiger partial charge in [0.2, 0.25) is 11.8 Å². The maximum absolute atomic E-state index is 12.3. The first-order chi connectivity index (χ1) is 13.9. The van der Waals surface area contributed by atoms with Crippen LogP contribution in [0.5, 0.6) is 0 Å². The molecule has 0 bridgehead atoms. The second-order valence-electron chi connectivity index (χ2n) is 6.64. The molecule has 0 heterocycles. The first-order valence-corrected chi connectivity index (χ1v) is 9.73. The first kappa shape index (κ1) is 22.4. The van der Waals surface area contributed by atoms with Crippen molar-refractivity contribution in [1.29, 1.82) is 0 Å². The van der Waals surface area contributed by atoms with E-state index in [0.29, 0.717) is 5.02 Å². The zero-order valence-corrected chi connectivity index (χ0v) is 17.2. The molecule has 0 aliphatic carbocycles. The molecule has 0 radical (unpaired) electrons. The zero-order valence-electron chi connectivity index (χ0n) is 16.5. The average molecular weight is 417 g/mol. The van der Waals surface area contributed by atoms with Crippen molar-refractivity contribution in [2.24, 2.45) is 0 Å². The molecule has 0 aromatic heterocycles. The van der Waals surface area contributed by atoms with Gasteiger partial charge in [-0.3, -0.25) is 9.59 Å². The quantitative estimate of drug-likeness (QED) is 0.615. The number of halogens is 1. The molecule has 29 heavy (non-hydrogen) atoms. The Morgan fingerprint density at radius 2 is 1.52 bits per heavy atom. The van der Waals surface area contributed by atoms with Gasteiger partial charge in [-0.1, -0.05) is 60.1 Å². The van der Waals surface area contributed by atoms with E-state index in [1.807, 2.05) is 37.3 Å². The number of esters is 1. The smallest absolute Gasteiger partial charge is 0.328 e. The Bertz CT molecular complexity index is 842. The standard InChI is InChI=1S/C22H25ClN2O4/c1-15(16-8-4-3-5-9-16)24-20(26)12-13-21(27)25-19(22(28)29-2)14-17-10-6-7-11-18(17)23/h3-11,15,19H,12-14H2,1-2H3,(H,24,26)(H,25,27)/t15-,19-/m1/s1. The van der Waals surface area contributed by atoms with E-state index in [0.717, 1.165) is 11.1 Å². The van der Waals surface area contributed by atoms with Gasteiger partial charge in [-0.15, -0.1) is 0 Å². The van der Waals surface area contributed by atoms with Crippen molar-refractivity contribution in [3.05, 3.63) is 70.7 Å². The van der Waals surface area contributed by atoms with Crippen LogP contribution in [-0.2, 0) is 25.5 Å². The molecule has 0 spiro atoms. The molecular weight excluding hydrogens is 392 g/mol. The summed E-state index contributed by atoms with van der Waals surface area (Å²) in [5.41, 5.74) is 1.70. The van der Waals surface area contributed by atoms with E-state index in [-0.39, 0.29) is 31.2 Å². The number of amides is 2. The number of methoxy groups -OCH3 is 1. The van der Waals surface area contributed by atoms with Crippen molar-refractivity contribution in [2.45, 2.75) is 38.3 Å². The lowest BCUT2D eigenvalue weighted by molar-refractivity contribution is -0.145. The number of ether oxygens (including phenoxy) is 1. The second-order valence-corrected chi connectivity index (χ2v) is 7.05. The summed E-state index contributed by atoms with van der Waals surface area (Å²) >= 11 is 6.14. The largest absolute Gasteiger partial charge is 0.467 e. The predicted octanol–water partition coefficient (Wildman–Crippen LogP) is 3.20. The summed E-state index contributed by atoms with van der Waals surface area (Å²) in [5, 5.41) is 5.99. The Balaban J connectivity index is 1.87. The van der Waals surface area contributed by atoms with Crippen LogP contribution in [0, 0.1) is 0 Å². The number of hydrogen-bond donors (Lipinski definition) is 2. The Labute approximate surface area is 175 Å². The summed E-state index contributed by atoms with van der Waals surface area (Å²) in [6.45, 7) is 1.88. The number of hydrogen-bond acceptors (Lipinski definition) is 4. The molecule has 6 nitrogen and oxygen atoms in total. The molecule has 2 amide bonds. The summed E-state index contributed by atoms with van der Waals surface area (Å²) in [5.74, 6) is -1.22. The van der Waals surface area contributed by atoms with Crippen LogP contribution in [0.3, 0.4) is 0 Å². The summed E-state index contributed by atoms with van der Waals surface area (Å²) in [6, 6.07) is 15.6. The maximum Gasteiger partial charge on any atom is 0.328 e. The van der Waals surface area contributed by atoms with Gasteiger partial charge >= 0.3 is 5.97 Å². The normalized spacial score (nSPS) is 12.5. The van der Waals surface area contributed by atoms with Gasteiger partial charge in [0, 0.05) is 24.3 Å². The van der Waals surface area contributed by atoms with E-state index < -0.39 is 17.9 Å². The highest BCUT2D eigenvalue weighted by atomic mass is 35.5. The van der Waals surface area contributed by atoms with E-state index in [9.17, 15) is 14.4 Å². The van der Waals surface area contributed by atoms with Crippen molar-refractivity contribution in [3.8, 4) is 0 Å². The lowest BCUT2D eigenvalue weighted by atomic mass is 10.1. The molecule has 0 saturated heterocycles. The molecule has 2 N–H and O–H groups in total. The van der Waals surface area contributed by atoms with Gasteiger partial charge in [0.1, 0.15) is 6.04 Å². The van der Waals surface area contributed by atoms with Gasteiger partial charge in [0.15, 0.2) is 0 Å². The van der Waals surface area contributed by atoms with Gasteiger partial charge in [-0.2, -0.15) is 0 Å². The summed E-state index contributed by atoms with van der Waals surface area (Å²) in [7, 11) is 1.26. The van der Waals surface area contributed by atoms with Crippen molar-refractivity contribution in [2.75, 3.05) is 7.11 Å². The summed E-state index contributed by atoms with van der Waals surface area (Å²) in [4.78, 5) is 36.5. The van der Waals surface area contributed by atoms with Gasteiger partial charge in [0.05, 0.1) is 13.2 Å². The van der Waals surface area contributed by atoms with Gasteiger partial charge in [0.25, 0.3) is 0 Å². The van der Waals surface area contributed by atoms with Crippen LogP contribution in [0.2, 0.25) is 5.02 Å². The fourth-order valence-corrected chi connectivity index (χ4v) is 3.06. The fraction of sp³-hybridized carbons (Fsp3) is 0.318. The Morgan fingerprint density at radius 3 is 2.14 bits per heavy atom. The van der Waals surface area contributed by atoms with Crippen molar-refractivity contribution in [3.63, 3.8) is 0 Å². The van der Waals surface area contributed by atoms with E-state index in [1.54, 1.807) is 24.3 Å². The fourth-order valence-electron chi connectivity index (χ4n) is 2.85. The van der Waals surface area contributed by atoms with Crippen LogP contribution in [0.1, 0.15) is 36.9 Å². The van der Waals surface area contributed by atoms with Crippen LogP contribution >= 0.6 is 11.6 Å². The minimum absolute atomic E-state index is 0.0169. The first-order valence-electron chi connectivity index (χ1n) is 9.35. The van der Waals surface area contributed by atoms with Crippen LogP contribution in [-0.4, -0.2) is 30.9 Å². The highest BCUT2D eigenvalue weighted by molar-refractivity contribution is 6.31. The lowest BCUT2D eigenvalue weighted by Gasteiger charge is -2.18. The monoisotopic (exact) mass is 416 g/mol. The van der Waals surface area contributed by atoms with Crippen molar-refractivity contribution >= 4 is 29.4 Å². The Hall–Kier alpha value is -2.86. The minimum atomic E-state index is -0.876. The molecule has 2 aromatic rings. The number of carbonyl (C=O) groups excluding carboxylic acids is 3. The highest BCUT2D eigenvalue weighted by Crippen LogP contribution is 2.17. The van der Waals surface area contributed by atoms with E-state index in [4.69, 9.17) is 16.3 Å². The lowest BCUT2D eigenvalue weighted by Crippen LogP contribution is -2.43. The minimum Gasteiger partial charge on any atom is -0.467 e. The van der Waals surface area contributed by atoms with Crippen molar-refractivity contribution in [1.82, 2.24) is 10.6 Å². The number of benzene rings is 2. The molecule has 0 aliphatic heterocycles. The van der Waals surface area contributed by atoms with Crippen LogP contribution in [0.25, 0.3) is 0 Å². The maximum atomic E-state index is 12.3. The highest BCUT2D eigenvalue weighted by Gasteiger charge is 2.23. The average Bonchev–Trinajstić information content (AvgIpc) is 2.73. The topological polar surface area (TPSA) is 84.5 Å². The third kappa shape index (κ3) is 7.23. The van der Waals surface area contributed by atoms with Crippen LogP contribution in [0.15, 0.2) is 54.6 Å². The van der Waals surface area contributed by atoms with Gasteiger partial charge in [-0.05, 0) is 24.1 Å². The summed E-state index contributed by atoms with van der Waals surface area (Å²) in [6.07, 6.45) is 0.182. The molecule has 0 saturated carbocycles. The molecule has 7 heteroatoms. The predicted molar refractivity (Wildman–Crippen MR) is 111 cm³/mol. The Kier molecular flexibility index (Phi) is 8.68. The molecular formula is C22H25ClN2O4. The molecule has 2 rings (SSSR count). The SMILES string of the molecule is COC(=O)[C@@H](Cc1ccccc1Cl)NC(=O)CCC(=O)N[C@H](C)c1ccccc1. The van der Waals surface area contributed by atoms with E-state index in [2.05, 4.69) is 10.6 Å². The van der Waals surface area contributed by atoms with Crippen LogP contribution < -0.4 is 10.6 Å².